The maximum atomic E-state index is 4.23. The number of nitrogens with zero attached hydrogens (tertiary/aromatic N) is 4. The van der Waals surface area contributed by atoms with Crippen molar-refractivity contribution in [2.24, 2.45) is 0 Å². The molecule has 0 spiro atoms. The molecule has 2 aromatic heterocycles. The molecule has 1 unspecified atom stereocenters. The Labute approximate surface area is 111 Å². The number of hydrogen-bond acceptors (Lipinski definition) is 6. The van der Waals surface area contributed by atoms with Crippen molar-refractivity contribution >= 4 is 11.5 Å². The van der Waals surface area contributed by atoms with Gasteiger partial charge in [-0.25, -0.2) is 9.97 Å². The molecule has 96 valence electrons. The minimum absolute atomic E-state index is 0.0774. The Morgan fingerprint density at radius 2 is 2.00 bits per heavy atom. The van der Waals surface area contributed by atoms with Gasteiger partial charge in [0.2, 0.25) is 0 Å². The average Bonchev–Trinajstić information content (AvgIpc) is 2.86. The number of nitrogens with one attached hydrogen (secondary N) is 1. The minimum Gasteiger partial charge on any atom is -0.306 e. The zero-order valence-electron chi connectivity index (χ0n) is 10.8. The quantitative estimate of drug-likeness (QED) is 0.895. The average molecular weight is 263 g/mol. The molecule has 0 fully saturated rings. The molecule has 0 saturated heterocycles. The van der Waals surface area contributed by atoms with E-state index in [0.29, 0.717) is 5.92 Å². The van der Waals surface area contributed by atoms with Gasteiger partial charge in [-0.3, -0.25) is 0 Å². The Bertz CT molecular complexity index is 482. The topological polar surface area (TPSA) is 63.6 Å². The first kappa shape index (κ1) is 13.0. The molecule has 0 bridgehead atoms. The molecule has 0 aromatic carbocycles. The van der Waals surface area contributed by atoms with Crippen molar-refractivity contribution in [3.63, 3.8) is 0 Å². The normalized spacial score (nSPS) is 12.9. The molecule has 0 amide bonds. The van der Waals surface area contributed by atoms with Crippen LogP contribution < -0.4 is 5.32 Å². The SMILES string of the molecule is CCNC(c1cncnc1)c1snnc1C(C)C. The van der Waals surface area contributed by atoms with Crippen LogP contribution in [0.1, 0.15) is 48.9 Å². The van der Waals surface area contributed by atoms with E-state index >= 15 is 0 Å². The second kappa shape index (κ2) is 5.97. The van der Waals surface area contributed by atoms with Gasteiger partial charge in [-0.2, -0.15) is 0 Å². The van der Waals surface area contributed by atoms with Gasteiger partial charge >= 0.3 is 0 Å². The largest absolute Gasteiger partial charge is 0.306 e. The Morgan fingerprint density at radius 3 is 2.61 bits per heavy atom. The summed E-state index contributed by atoms with van der Waals surface area (Å²) in [7, 11) is 0. The van der Waals surface area contributed by atoms with E-state index in [1.165, 1.54) is 11.5 Å². The molecule has 2 aromatic rings. The van der Waals surface area contributed by atoms with Crippen molar-refractivity contribution in [2.45, 2.75) is 32.7 Å². The zero-order chi connectivity index (χ0) is 13.0. The second-order valence-corrected chi connectivity index (χ2v) is 5.13. The van der Waals surface area contributed by atoms with E-state index in [1.807, 2.05) is 12.4 Å². The van der Waals surface area contributed by atoms with E-state index in [2.05, 4.69) is 45.6 Å². The summed E-state index contributed by atoms with van der Waals surface area (Å²) in [6.07, 6.45) is 5.22. The van der Waals surface area contributed by atoms with Gasteiger partial charge in [0.25, 0.3) is 0 Å². The predicted octanol–water partition coefficient (Wildman–Crippen LogP) is 2.15. The molecular formula is C12H17N5S. The van der Waals surface area contributed by atoms with Crippen LogP contribution in [0.2, 0.25) is 0 Å². The number of aromatic nitrogens is 4. The van der Waals surface area contributed by atoms with Gasteiger partial charge in [0.05, 0.1) is 16.6 Å². The van der Waals surface area contributed by atoms with Gasteiger partial charge in [0, 0.05) is 18.0 Å². The van der Waals surface area contributed by atoms with Crippen molar-refractivity contribution in [2.75, 3.05) is 6.54 Å². The lowest BCUT2D eigenvalue weighted by Crippen LogP contribution is -2.22. The van der Waals surface area contributed by atoms with Gasteiger partial charge in [0.1, 0.15) is 6.33 Å². The number of rotatable bonds is 5. The maximum absolute atomic E-state index is 4.23. The van der Waals surface area contributed by atoms with E-state index in [0.717, 1.165) is 22.7 Å². The van der Waals surface area contributed by atoms with E-state index in [1.54, 1.807) is 6.33 Å². The van der Waals surface area contributed by atoms with Crippen LogP contribution in [-0.2, 0) is 0 Å². The number of hydrogen-bond donors (Lipinski definition) is 1. The Hall–Kier alpha value is -1.40. The molecule has 0 aliphatic heterocycles. The van der Waals surface area contributed by atoms with E-state index in [4.69, 9.17) is 0 Å². The lowest BCUT2D eigenvalue weighted by molar-refractivity contribution is 0.621. The second-order valence-electron chi connectivity index (χ2n) is 4.34. The van der Waals surface area contributed by atoms with Gasteiger partial charge in [0.15, 0.2) is 0 Å². The minimum atomic E-state index is 0.0774. The van der Waals surface area contributed by atoms with Crippen LogP contribution in [0, 0.1) is 0 Å². The van der Waals surface area contributed by atoms with Crippen LogP contribution in [0.4, 0.5) is 0 Å². The van der Waals surface area contributed by atoms with Crippen LogP contribution in [0.5, 0.6) is 0 Å². The third-order valence-electron chi connectivity index (χ3n) is 2.67. The summed E-state index contributed by atoms with van der Waals surface area (Å²) in [6.45, 7) is 7.21. The molecular weight excluding hydrogens is 246 g/mol. The third kappa shape index (κ3) is 2.70. The smallest absolute Gasteiger partial charge is 0.115 e. The first-order valence-electron chi connectivity index (χ1n) is 6.04. The van der Waals surface area contributed by atoms with Crippen LogP contribution >= 0.6 is 11.5 Å². The molecule has 0 saturated carbocycles. The molecule has 2 heterocycles. The van der Waals surface area contributed by atoms with E-state index < -0.39 is 0 Å². The molecule has 6 heteroatoms. The van der Waals surface area contributed by atoms with Crippen LogP contribution in [-0.4, -0.2) is 26.1 Å². The molecule has 0 aliphatic rings. The fourth-order valence-corrected chi connectivity index (χ4v) is 2.74. The maximum Gasteiger partial charge on any atom is 0.115 e. The van der Waals surface area contributed by atoms with Crippen molar-refractivity contribution in [3.05, 3.63) is 34.9 Å². The molecule has 2 rings (SSSR count). The highest BCUT2D eigenvalue weighted by molar-refractivity contribution is 7.05. The lowest BCUT2D eigenvalue weighted by atomic mass is 10.0. The molecule has 5 nitrogen and oxygen atoms in total. The van der Waals surface area contributed by atoms with Gasteiger partial charge in [-0.1, -0.05) is 25.3 Å². The molecule has 1 N–H and O–H groups in total. The van der Waals surface area contributed by atoms with Crippen molar-refractivity contribution < 1.29 is 0 Å². The standard InChI is InChI=1S/C12H17N5S/c1-4-15-11(9-5-13-7-14-6-9)12-10(8(2)3)16-17-18-12/h5-8,11,15H,4H2,1-3H3. The molecule has 0 aliphatic carbocycles. The van der Waals surface area contributed by atoms with Gasteiger partial charge in [-0.15, -0.1) is 5.10 Å². The third-order valence-corrected chi connectivity index (χ3v) is 3.48. The van der Waals surface area contributed by atoms with Crippen molar-refractivity contribution in [1.82, 2.24) is 24.9 Å². The summed E-state index contributed by atoms with van der Waals surface area (Å²) >= 11 is 1.44. The summed E-state index contributed by atoms with van der Waals surface area (Å²) in [6, 6.07) is 0.0774. The Kier molecular flexibility index (Phi) is 4.33. The first-order valence-corrected chi connectivity index (χ1v) is 6.81. The predicted molar refractivity (Wildman–Crippen MR) is 71.5 cm³/mol. The van der Waals surface area contributed by atoms with Crippen molar-refractivity contribution in [1.29, 1.82) is 0 Å². The highest BCUT2D eigenvalue weighted by Gasteiger charge is 2.22. The van der Waals surface area contributed by atoms with E-state index in [-0.39, 0.29) is 6.04 Å². The van der Waals surface area contributed by atoms with Crippen LogP contribution in [0.25, 0.3) is 0 Å². The zero-order valence-corrected chi connectivity index (χ0v) is 11.6. The highest BCUT2D eigenvalue weighted by atomic mass is 32.1. The van der Waals surface area contributed by atoms with Crippen LogP contribution in [0.15, 0.2) is 18.7 Å². The lowest BCUT2D eigenvalue weighted by Gasteiger charge is -2.17. The Morgan fingerprint density at radius 1 is 1.28 bits per heavy atom. The summed E-state index contributed by atoms with van der Waals surface area (Å²) in [5, 5.41) is 7.68. The fourth-order valence-electron chi connectivity index (χ4n) is 1.83. The highest BCUT2D eigenvalue weighted by Crippen LogP contribution is 2.30. The Balaban J connectivity index is 2.39. The van der Waals surface area contributed by atoms with Crippen molar-refractivity contribution in [3.8, 4) is 0 Å². The molecule has 1 atom stereocenters. The fraction of sp³-hybridized carbons (Fsp3) is 0.500. The molecule has 0 radical (unpaired) electrons. The van der Waals surface area contributed by atoms with Gasteiger partial charge < -0.3 is 5.32 Å². The molecule has 18 heavy (non-hydrogen) atoms. The first-order chi connectivity index (χ1) is 8.74. The monoisotopic (exact) mass is 263 g/mol. The van der Waals surface area contributed by atoms with Gasteiger partial charge in [-0.05, 0) is 24.0 Å². The van der Waals surface area contributed by atoms with Crippen LogP contribution in [0.3, 0.4) is 0 Å². The summed E-state index contributed by atoms with van der Waals surface area (Å²) in [4.78, 5) is 9.32. The van der Waals surface area contributed by atoms with E-state index in [9.17, 15) is 0 Å². The summed E-state index contributed by atoms with van der Waals surface area (Å²) in [5.41, 5.74) is 2.10. The summed E-state index contributed by atoms with van der Waals surface area (Å²) in [5.74, 6) is 0.365. The summed E-state index contributed by atoms with van der Waals surface area (Å²) < 4.78 is 4.08.